The lowest BCUT2D eigenvalue weighted by molar-refractivity contribution is -0.0725. The predicted molar refractivity (Wildman–Crippen MR) is 127 cm³/mol. The fourth-order valence-electron chi connectivity index (χ4n) is 6.80. The molecule has 0 radical (unpaired) electrons. The number of carbonyl (C=O) groups is 1. The van der Waals surface area contributed by atoms with Crippen LogP contribution in [0.4, 0.5) is 4.79 Å². The maximum absolute atomic E-state index is 13.8. The third-order valence-corrected chi connectivity index (χ3v) is 9.18. The lowest BCUT2D eigenvalue weighted by Gasteiger charge is -2.52. The highest BCUT2D eigenvalue weighted by molar-refractivity contribution is 5.79. The largest absolute Gasteiger partial charge is 0.388 e. The Labute approximate surface area is 192 Å². The van der Waals surface area contributed by atoms with Gasteiger partial charge in [0.2, 0.25) is 0 Å². The van der Waals surface area contributed by atoms with Gasteiger partial charge >= 0.3 is 6.03 Å². The number of benzene rings is 1. The van der Waals surface area contributed by atoms with Crippen LogP contribution in [0.2, 0.25) is 0 Å². The molecule has 2 saturated carbocycles. The van der Waals surface area contributed by atoms with Crippen molar-refractivity contribution < 1.29 is 9.90 Å². The van der Waals surface area contributed by atoms with E-state index in [-0.39, 0.29) is 17.1 Å². The molecular formula is C26H40N4O2. The minimum absolute atomic E-state index is 0.0107. The van der Waals surface area contributed by atoms with Crippen LogP contribution in [0.1, 0.15) is 63.4 Å². The number of aliphatic hydroxyl groups is 1. The Kier molecular flexibility index (Phi) is 5.75. The minimum Gasteiger partial charge on any atom is -0.388 e. The van der Waals surface area contributed by atoms with E-state index < -0.39 is 5.60 Å². The maximum atomic E-state index is 13.8. The summed E-state index contributed by atoms with van der Waals surface area (Å²) in [7, 11) is 4.39. The molecule has 2 aliphatic heterocycles. The molecule has 32 heavy (non-hydrogen) atoms. The molecule has 0 aromatic heterocycles. The maximum Gasteiger partial charge on any atom is 0.320 e. The first-order valence-corrected chi connectivity index (χ1v) is 12.6. The zero-order valence-electron chi connectivity index (χ0n) is 19.9. The first kappa shape index (κ1) is 22.2. The van der Waals surface area contributed by atoms with Crippen LogP contribution in [-0.2, 0) is 5.54 Å². The molecule has 0 bridgehead atoms. The number of rotatable bonds is 5. The molecule has 1 aromatic rings. The van der Waals surface area contributed by atoms with Crippen LogP contribution in [0.3, 0.4) is 0 Å². The van der Waals surface area contributed by atoms with Crippen molar-refractivity contribution in [2.75, 3.05) is 40.3 Å². The van der Waals surface area contributed by atoms with E-state index in [0.29, 0.717) is 12.6 Å². The van der Waals surface area contributed by atoms with Gasteiger partial charge in [0.1, 0.15) is 0 Å². The van der Waals surface area contributed by atoms with Crippen LogP contribution in [-0.4, -0.2) is 83.3 Å². The summed E-state index contributed by atoms with van der Waals surface area (Å²) in [6, 6.07) is 11.4. The number of urea groups is 1. The van der Waals surface area contributed by atoms with E-state index in [1.807, 2.05) is 0 Å². The van der Waals surface area contributed by atoms with Crippen LogP contribution >= 0.6 is 0 Å². The highest BCUT2D eigenvalue weighted by Gasteiger charge is 2.57. The number of nitrogens with zero attached hydrogens (tertiary/aromatic N) is 3. The lowest BCUT2D eigenvalue weighted by atomic mass is 9.67. The van der Waals surface area contributed by atoms with Gasteiger partial charge in [-0.15, -0.1) is 0 Å². The zero-order valence-corrected chi connectivity index (χ0v) is 19.9. The quantitative estimate of drug-likeness (QED) is 0.739. The van der Waals surface area contributed by atoms with E-state index in [1.54, 1.807) is 0 Å². The highest BCUT2D eigenvalue weighted by Crippen LogP contribution is 2.50. The lowest BCUT2D eigenvalue weighted by Crippen LogP contribution is -2.59. The van der Waals surface area contributed by atoms with Crippen LogP contribution < -0.4 is 5.32 Å². The van der Waals surface area contributed by atoms with Gasteiger partial charge in [-0.2, -0.15) is 0 Å². The molecule has 0 unspecified atom stereocenters. The predicted octanol–water partition coefficient (Wildman–Crippen LogP) is 3.16. The van der Waals surface area contributed by atoms with Crippen molar-refractivity contribution in [1.29, 1.82) is 0 Å². The third kappa shape index (κ3) is 3.64. The van der Waals surface area contributed by atoms with Crippen LogP contribution in [0.25, 0.3) is 0 Å². The normalized spacial score (nSPS) is 33.2. The number of β-amino-alcohol motifs (C(OH)–C–C–N with tert-alkyl or cyclic N) is 1. The molecule has 6 nitrogen and oxygen atoms in total. The van der Waals surface area contributed by atoms with E-state index in [1.165, 1.54) is 5.56 Å². The van der Waals surface area contributed by atoms with Crippen molar-refractivity contribution in [1.82, 2.24) is 20.0 Å². The number of amides is 2. The first-order chi connectivity index (χ1) is 15.4. The van der Waals surface area contributed by atoms with Gasteiger partial charge in [-0.05, 0) is 90.5 Å². The van der Waals surface area contributed by atoms with Gasteiger partial charge in [0, 0.05) is 18.1 Å². The van der Waals surface area contributed by atoms with Gasteiger partial charge in [0.25, 0.3) is 0 Å². The van der Waals surface area contributed by atoms with Crippen LogP contribution in [0.15, 0.2) is 30.3 Å². The summed E-state index contributed by atoms with van der Waals surface area (Å²) in [5, 5.41) is 14.5. The molecule has 4 aliphatic rings. The molecule has 2 amide bonds. The minimum atomic E-state index is -0.678. The molecule has 2 heterocycles. The van der Waals surface area contributed by atoms with Crippen molar-refractivity contribution in [3.8, 4) is 0 Å². The van der Waals surface area contributed by atoms with E-state index in [9.17, 15) is 9.90 Å². The SMILES string of the molecule is CN(C)[C@]1(c2ccccc2)CC[C@]2(CC1)CN(C1CCNCC1)C(=O)N2CC1(O)CCC1. The van der Waals surface area contributed by atoms with Crippen molar-refractivity contribution in [2.45, 2.75) is 80.5 Å². The Hall–Kier alpha value is -1.63. The topological polar surface area (TPSA) is 59.0 Å². The zero-order chi connectivity index (χ0) is 22.4. The third-order valence-electron chi connectivity index (χ3n) is 9.18. The average Bonchev–Trinajstić information content (AvgIpc) is 3.06. The summed E-state index contributed by atoms with van der Waals surface area (Å²) in [6.07, 6.45) is 8.83. The summed E-state index contributed by atoms with van der Waals surface area (Å²) < 4.78 is 0. The second kappa shape index (κ2) is 8.30. The van der Waals surface area contributed by atoms with Crippen LogP contribution in [0.5, 0.6) is 0 Å². The Bertz CT molecular complexity index is 808. The van der Waals surface area contributed by atoms with Gasteiger partial charge < -0.3 is 20.2 Å². The first-order valence-electron chi connectivity index (χ1n) is 12.6. The molecule has 2 saturated heterocycles. The summed E-state index contributed by atoms with van der Waals surface area (Å²) in [5.41, 5.74) is 0.559. The Morgan fingerprint density at radius 3 is 2.25 bits per heavy atom. The number of nitrogens with one attached hydrogen (secondary N) is 1. The van der Waals surface area contributed by atoms with Crippen molar-refractivity contribution in [3.63, 3.8) is 0 Å². The average molecular weight is 441 g/mol. The number of piperidine rings is 1. The summed E-state index contributed by atoms with van der Waals surface area (Å²) >= 11 is 0. The second-order valence-corrected chi connectivity index (χ2v) is 11.1. The Morgan fingerprint density at radius 1 is 1.03 bits per heavy atom. The molecule has 2 N–H and O–H groups in total. The van der Waals surface area contributed by atoms with E-state index >= 15 is 0 Å². The van der Waals surface area contributed by atoms with E-state index in [4.69, 9.17) is 0 Å². The molecule has 5 rings (SSSR count). The van der Waals surface area contributed by atoms with Gasteiger partial charge in [-0.1, -0.05) is 30.3 Å². The molecule has 176 valence electrons. The van der Waals surface area contributed by atoms with Crippen LogP contribution in [0, 0.1) is 0 Å². The fraction of sp³-hybridized carbons (Fsp3) is 0.731. The van der Waals surface area contributed by atoms with Gasteiger partial charge in [-0.25, -0.2) is 4.79 Å². The van der Waals surface area contributed by atoms with Crippen molar-refractivity contribution in [2.24, 2.45) is 0 Å². The van der Waals surface area contributed by atoms with Crippen molar-refractivity contribution >= 4 is 6.03 Å². The molecule has 0 atom stereocenters. The Balaban J connectivity index is 1.42. The second-order valence-electron chi connectivity index (χ2n) is 11.1. The number of carbonyl (C=O) groups excluding carboxylic acids is 1. The van der Waals surface area contributed by atoms with Gasteiger partial charge in [0.15, 0.2) is 0 Å². The van der Waals surface area contributed by atoms with Gasteiger partial charge in [-0.3, -0.25) is 4.90 Å². The molecule has 1 spiro atoms. The Morgan fingerprint density at radius 2 is 1.69 bits per heavy atom. The highest BCUT2D eigenvalue weighted by atomic mass is 16.3. The summed E-state index contributed by atoms with van der Waals surface area (Å²) in [4.78, 5) is 20.5. The summed E-state index contributed by atoms with van der Waals surface area (Å²) in [6.45, 7) is 3.31. The smallest absolute Gasteiger partial charge is 0.320 e. The number of hydrogen-bond acceptors (Lipinski definition) is 4. The van der Waals surface area contributed by atoms with Gasteiger partial charge in [0.05, 0.1) is 17.7 Å². The molecule has 1 aromatic carbocycles. The van der Waals surface area contributed by atoms with Crippen molar-refractivity contribution in [3.05, 3.63) is 35.9 Å². The summed E-state index contributed by atoms with van der Waals surface area (Å²) in [5.74, 6) is 0. The molecule has 6 heteroatoms. The van der Waals surface area contributed by atoms with E-state index in [2.05, 4.69) is 64.4 Å². The monoisotopic (exact) mass is 440 g/mol. The number of hydrogen-bond donors (Lipinski definition) is 2. The fourth-order valence-corrected chi connectivity index (χ4v) is 6.80. The molecule has 4 fully saturated rings. The standard InChI is InChI=1S/C26H40N4O2/c1-28(2)26(21-7-4-3-5-8-21)15-13-24(14-16-26)19-29(22-9-17-27-18-10-22)23(31)30(24)20-25(32)11-6-12-25/h3-5,7-8,22,27,32H,6,9-20H2,1-2H3/t24-,26+. The van der Waals surface area contributed by atoms with E-state index in [0.717, 1.165) is 77.4 Å². The molecular weight excluding hydrogens is 400 g/mol. The molecule has 2 aliphatic carbocycles.